The summed E-state index contributed by atoms with van der Waals surface area (Å²) in [7, 11) is 0. The molecule has 1 N–H and O–H groups in total. The Morgan fingerprint density at radius 3 is 2.36 bits per heavy atom. The molecule has 0 atom stereocenters. The van der Waals surface area contributed by atoms with Crippen LogP contribution in [0.4, 0.5) is 33.5 Å². The maximum absolute atomic E-state index is 14.3. The van der Waals surface area contributed by atoms with E-state index in [2.05, 4.69) is 15.3 Å². The lowest BCUT2D eigenvalue weighted by Crippen LogP contribution is -2.12. The Bertz CT molecular complexity index is 1150. The molecule has 1 aromatic carbocycles. The number of imidazole rings is 1. The van der Waals surface area contributed by atoms with Crippen LogP contribution in [0.15, 0.2) is 60.9 Å². The van der Waals surface area contributed by atoms with E-state index in [1.165, 1.54) is 36.5 Å². The van der Waals surface area contributed by atoms with E-state index in [9.17, 15) is 22.0 Å². The van der Waals surface area contributed by atoms with Gasteiger partial charge in [0.2, 0.25) is 0 Å². The lowest BCUT2D eigenvalue weighted by Gasteiger charge is -2.14. The zero-order valence-electron chi connectivity index (χ0n) is 14.0. The zero-order valence-corrected chi connectivity index (χ0v) is 14.0. The predicted molar refractivity (Wildman–Crippen MR) is 93.1 cm³/mol. The van der Waals surface area contributed by atoms with Crippen LogP contribution in [-0.2, 0) is 6.18 Å². The third-order valence-corrected chi connectivity index (χ3v) is 4.07. The van der Waals surface area contributed by atoms with E-state index in [-0.39, 0.29) is 22.7 Å². The largest absolute Gasteiger partial charge is 0.431 e. The maximum Gasteiger partial charge on any atom is 0.431 e. The standard InChI is InChI=1S/C19H11F5N4/c20-11-4-6-12(7-5-11)26-18-17(13-8-9-25-10-14(13)21)27-16-3-1-2-15(28(16)18)19(22,23)24/h1-10,26H. The number of hydrogen-bond acceptors (Lipinski definition) is 3. The second-order valence-electron chi connectivity index (χ2n) is 5.90. The monoisotopic (exact) mass is 390 g/mol. The smallest absolute Gasteiger partial charge is 0.339 e. The number of pyridine rings is 2. The molecule has 28 heavy (non-hydrogen) atoms. The number of nitrogens with one attached hydrogen (secondary N) is 1. The molecule has 0 aliphatic heterocycles. The zero-order chi connectivity index (χ0) is 19.9. The number of benzene rings is 1. The first kappa shape index (κ1) is 17.9. The van der Waals surface area contributed by atoms with Gasteiger partial charge in [0.25, 0.3) is 0 Å². The van der Waals surface area contributed by atoms with Crippen molar-refractivity contribution in [3.05, 3.63) is 78.3 Å². The van der Waals surface area contributed by atoms with Gasteiger partial charge >= 0.3 is 6.18 Å². The average Bonchev–Trinajstić information content (AvgIpc) is 3.01. The first-order valence-electron chi connectivity index (χ1n) is 8.06. The van der Waals surface area contributed by atoms with Crippen molar-refractivity contribution in [2.24, 2.45) is 0 Å². The van der Waals surface area contributed by atoms with E-state index >= 15 is 0 Å². The molecule has 0 unspecified atom stereocenters. The first-order valence-corrected chi connectivity index (χ1v) is 8.06. The molecule has 0 aliphatic rings. The Balaban J connectivity index is 2.01. The Morgan fingerprint density at radius 2 is 1.68 bits per heavy atom. The minimum Gasteiger partial charge on any atom is -0.339 e. The number of nitrogens with zero attached hydrogens (tertiary/aromatic N) is 3. The summed E-state index contributed by atoms with van der Waals surface area (Å²) in [6, 6.07) is 9.85. The number of hydrogen-bond donors (Lipinski definition) is 1. The number of alkyl halides is 3. The number of halogens is 5. The van der Waals surface area contributed by atoms with Gasteiger partial charge in [-0.15, -0.1) is 0 Å². The van der Waals surface area contributed by atoms with Gasteiger partial charge in [-0.2, -0.15) is 13.2 Å². The summed E-state index contributed by atoms with van der Waals surface area (Å²) < 4.78 is 69.1. The molecular formula is C19H11F5N4. The molecule has 142 valence electrons. The van der Waals surface area contributed by atoms with Gasteiger partial charge in [-0.05, 0) is 42.5 Å². The molecule has 4 nitrogen and oxygen atoms in total. The van der Waals surface area contributed by atoms with Crippen molar-refractivity contribution < 1.29 is 22.0 Å². The number of aromatic nitrogens is 3. The summed E-state index contributed by atoms with van der Waals surface area (Å²) in [6.07, 6.45) is -2.41. The van der Waals surface area contributed by atoms with Gasteiger partial charge in [-0.25, -0.2) is 13.8 Å². The highest BCUT2D eigenvalue weighted by Crippen LogP contribution is 2.37. The molecule has 3 aromatic heterocycles. The number of rotatable bonds is 3. The summed E-state index contributed by atoms with van der Waals surface area (Å²) in [5.74, 6) is -1.33. The summed E-state index contributed by atoms with van der Waals surface area (Å²) in [4.78, 5) is 7.84. The van der Waals surface area contributed by atoms with Crippen molar-refractivity contribution in [1.82, 2.24) is 14.4 Å². The molecule has 3 heterocycles. The highest BCUT2D eigenvalue weighted by molar-refractivity contribution is 5.80. The van der Waals surface area contributed by atoms with Gasteiger partial charge in [0.05, 0.1) is 6.20 Å². The van der Waals surface area contributed by atoms with Gasteiger partial charge in [-0.3, -0.25) is 9.38 Å². The molecule has 9 heteroatoms. The van der Waals surface area contributed by atoms with E-state index < -0.39 is 23.5 Å². The SMILES string of the molecule is Fc1ccc(Nc2c(-c3ccncc3F)nc3cccc(C(F)(F)F)n23)cc1. The molecule has 4 aromatic rings. The molecule has 0 amide bonds. The molecule has 0 saturated carbocycles. The minimum atomic E-state index is -4.67. The van der Waals surface area contributed by atoms with Crippen LogP contribution in [0.3, 0.4) is 0 Å². The van der Waals surface area contributed by atoms with E-state index in [1.54, 1.807) is 0 Å². The van der Waals surface area contributed by atoms with Crippen LogP contribution in [0.2, 0.25) is 0 Å². The molecular weight excluding hydrogens is 379 g/mol. The van der Waals surface area contributed by atoms with Crippen LogP contribution >= 0.6 is 0 Å². The fourth-order valence-electron chi connectivity index (χ4n) is 2.85. The van der Waals surface area contributed by atoms with Crippen LogP contribution in [0.25, 0.3) is 16.9 Å². The van der Waals surface area contributed by atoms with E-state index in [1.807, 2.05) is 0 Å². The molecule has 4 rings (SSSR count). The Morgan fingerprint density at radius 1 is 0.929 bits per heavy atom. The van der Waals surface area contributed by atoms with E-state index in [0.717, 1.165) is 28.8 Å². The van der Waals surface area contributed by atoms with Gasteiger partial charge in [-0.1, -0.05) is 6.07 Å². The molecule has 0 fully saturated rings. The fourth-order valence-corrected chi connectivity index (χ4v) is 2.85. The quantitative estimate of drug-likeness (QED) is 0.474. The Hall–Kier alpha value is -3.49. The minimum absolute atomic E-state index is 0.0172. The third kappa shape index (κ3) is 3.15. The summed E-state index contributed by atoms with van der Waals surface area (Å²) in [5.41, 5.74) is -0.735. The van der Waals surface area contributed by atoms with Crippen molar-refractivity contribution in [2.75, 3.05) is 5.32 Å². The van der Waals surface area contributed by atoms with Crippen LogP contribution in [-0.4, -0.2) is 14.4 Å². The summed E-state index contributed by atoms with van der Waals surface area (Å²) in [6.45, 7) is 0. The van der Waals surface area contributed by atoms with Gasteiger partial charge in [0.15, 0.2) is 5.82 Å². The molecule has 0 aliphatic carbocycles. The molecule has 0 radical (unpaired) electrons. The topological polar surface area (TPSA) is 42.2 Å². The lowest BCUT2D eigenvalue weighted by molar-refractivity contribution is -0.141. The maximum atomic E-state index is 14.3. The van der Waals surface area contributed by atoms with Crippen molar-refractivity contribution in [2.45, 2.75) is 6.18 Å². The fraction of sp³-hybridized carbons (Fsp3) is 0.0526. The first-order chi connectivity index (χ1) is 13.3. The second kappa shape index (κ2) is 6.59. The second-order valence-corrected chi connectivity index (χ2v) is 5.90. The van der Waals surface area contributed by atoms with Crippen molar-refractivity contribution in [1.29, 1.82) is 0 Å². The van der Waals surface area contributed by atoms with Crippen LogP contribution in [0, 0.1) is 11.6 Å². The number of fused-ring (bicyclic) bond motifs is 1. The molecule has 0 spiro atoms. The average molecular weight is 390 g/mol. The Labute approximate surface area is 155 Å². The van der Waals surface area contributed by atoms with E-state index in [0.29, 0.717) is 5.69 Å². The van der Waals surface area contributed by atoms with Crippen molar-refractivity contribution >= 4 is 17.2 Å². The van der Waals surface area contributed by atoms with Crippen molar-refractivity contribution in [3.8, 4) is 11.3 Å². The third-order valence-electron chi connectivity index (χ3n) is 4.07. The van der Waals surface area contributed by atoms with Crippen molar-refractivity contribution in [3.63, 3.8) is 0 Å². The predicted octanol–water partition coefficient (Wildman–Crippen LogP) is 5.44. The van der Waals surface area contributed by atoms with E-state index in [4.69, 9.17) is 0 Å². The molecule has 0 bridgehead atoms. The van der Waals surface area contributed by atoms with Crippen LogP contribution in [0.1, 0.15) is 5.69 Å². The van der Waals surface area contributed by atoms with Crippen LogP contribution in [0.5, 0.6) is 0 Å². The van der Waals surface area contributed by atoms with Crippen LogP contribution < -0.4 is 5.32 Å². The summed E-state index contributed by atoms with van der Waals surface area (Å²) >= 11 is 0. The highest BCUT2D eigenvalue weighted by Gasteiger charge is 2.35. The Kier molecular flexibility index (Phi) is 4.21. The van der Waals surface area contributed by atoms with Gasteiger partial charge in [0, 0.05) is 17.4 Å². The molecule has 0 saturated heterocycles. The number of anilines is 2. The van der Waals surface area contributed by atoms with Gasteiger partial charge in [0.1, 0.15) is 28.7 Å². The van der Waals surface area contributed by atoms with Gasteiger partial charge < -0.3 is 5.32 Å². The highest BCUT2D eigenvalue weighted by atomic mass is 19.4. The normalized spacial score (nSPS) is 11.8. The lowest BCUT2D eigenvalue weighted by atomic mass is 10.2. The summed E-state index contributed by atoms with van der Waals surface area (Å²) in [5, 5.41) is 2.81.